The van der Waals surface area contributed by atoms with Crippen LogP contribution in [0.1, 0.15) is 42.5 Å². The minimum Gasteiger partial charge on any atom is -0.357 e. The zero-order valence-corrected chi connectivity index (χ0v) is 17.5. The number of carbonyl (C=O) groups excluding carboxylic acids is 1. The summed E-state index contributed by atoms with van der Waals surface area (Å²) >= 11 is 0. The maximum atomic E-state index is 13.6. The molecule has 2 aromatic heterocycles. The molecule has 0 radical (unpaired) electrons. The van der Waals surface area contributed by atoms with Crippen LogP contribution in [0.5, 0.6) is 0 Å². The van der Waals surface area contributed by atoms with Gasteiger partial charge >= 0.3 is 0 Å². The van der Waals surface area contributed by atoms with Crippen molar-refractivity contribution in [2.45, 2.75) is 31.2 Å². The number of halogens is 1. The molecule has 0 saturated carbocycles. The molecule has 1 unspecified atom stereocenters. The highest BCUT2D eigenvalue weighted by Crippen LogP contribution is 2.36. The van der Waals surface area contributed by atoms with Gasteiger partial charge in [0.15, 0.2) is 0 Å². The van der Waals surface area contributed by atoms with Crippen LogP contribution in [0.3, 0.4) is 0 Å². The van der Waals surface area contributed by atoms with Gasteiger partial charge in [-0.3, -0.25) is 9.48 Å². The third-order valence-electron chi connectivity index (χ3n) is 6.38. The largest absolute Gasteiger partial charge is 0.357 e. The molecule has 3 aromatic rings. The summed E-state index contributed by atoms with van der Waals surface area (Å²) < 4.78 is 1.82. The van der Waals surface area contributed by atoms with Crippen LogP contribution in [0, 0.1) is 5.92 Å². The second-order valence-corrected chi connectivity index (χ2v) is 8.17. The highest BCUT2D eigenvalue weighted by Gasteiger charge is 2.40. The van der Waals surface area contributed by atoms with Gasteiger partial charge in [0, 0.05) is 50.0 Å². The second-order valence-electron chi connectivity index (χ2n) is 8.17. The number of hydrogen-bond acceptors (Lipinski definition) is 3. The molecule has 2 aliphatic rings. The van der Waals surface area contributed by atoms with E-state index in [1.165, 1.54) is 11.8 Å². The van der Waals surface area contributed by atoms with E-state index >= 15 is 0 Å². The van der Waals surface area contributed by atoms with Crippen LogP contribution in [0.25, 0.3) is 10.9 Å². The lowest BCUT2D eigenvalue weighted by Gasteiger charge is -2.37. The van der Waals surface area contributed by atoms with E-state index in [0.29, 0.717) is 0 Å². The van der Waals surface area contributed by atoms with E-state index in [9.17, 15) is 4.79 Å². The van der Waals surface area contributed by atoms with Gasteiger partial charge in [0.2, 0.25) is 5.91 Å². The van der Waals surface area contributed by atoms with Gasteiger partial charge in [0.05, 0.1) is 18.2 Å². The Bertz CT molecular complexity index is 963. The maximum absolute atomic E-state index is 13.6. The number of amides is 1. The van der Waals surface area contributed by atoms with Crippen LogP contribution in [0.15, 0.2) is 42.7 Å². The molecule has 6 nitrogen and oxygen atoms in total. The first-order valence-electron chi connectivity index (χ1n) is 10.3. The number of benzene rings is 1. The summed E-state index contributed by atoms with van der Waals surface area (Å²) in [5, 5.41) is 8.96. The molecule has 29 heavy (non-hydrogen) atoms. The fourth-order valence-corrected chi connectivity index (χ4v) is 4.93. The van der Waals surface area contributed by atoms with E-state index in [1.807, 2.05) is 24.1 Å². The van der Waals surface area contributed by atoms with Gasteiger partial charge in [-0.05, 0) is 42.3 Å². The van der Waals surface area contributed by atoms with Crippen molar-refractivity contribution in [1.29, 1.82) is 0 Å². The first kappa shape index (κ1) is 20.0. The molecule has 2 fully saturated rings. The SMILES string of the molecule is Cl.Cn1cc([C@H]2CNC[C@@H]2C(=O)N2CCCCC2c2cc3ccccc3[nH]2)cn1. The van der Waals surface area contributed by atoms with E-state index in [-0.39, 0.29) is 36.2 Å². The van der Waals surface area contributed by atoms with Gasteiger partial charge in [0.1, 0.15) is 0 Å². The lowest BCUT2D eigenvalue weighted by atomic mass is 9.88. The predicted octanol–water partition coefficient (Wildman–Crippen LogP) is 3.38. The van der Waals surface area contributed by atoms with Gasteiger partial charge in [-0.15, -0.1) is 12.4 Å². The average molecular weight is 414 g/mol. The minimum atomic E-state index is -0.0193. The Morgan fingerprint density at radius 2 is 2.07 bits per heavy atom. The lowest BCUT2D eigenvalue weighted by molar-refractivity contribution is -0.139. The standard InChI is InChI=1S/C22H27N5O.ClH/c1-26-14-16(11-24-26)17-12-23-13-18(17)22(28)27-9-5-4-8-21(27)20-10-15-6-2-3-7-19(15)25-20;/h2-3,6-7,10-11,14,17-18,21,23,25H,4-5,8-9,12-13H2,1H3;1H/t17-,18+,21?;/m1./s1. The molecule has 2 saturated heterocycles. The summed E-state index contributed by atoms with van der Waals surface area (Å²) in [6, 6.07) is 10.7. The highest BCUT2D eigenvalue weighted by molar-refractivity contribution is 5.85. The van der Waals surface area contributed by atoms with Crippen molar-refractivity contribution < 1.29 is 4.79 Å². The van der Waals surface area contributed by atoms with Crippen LogP contribution < -0.4 is 5.32 Å². The molecule has 1 amide bonds. The number of aryl methyl sites for hydroxylation is 1. The molecule has 154 valence electrons. The first-order valence-corrected chi connectivity index (χ1v) is 10.3. The fourth-order valence-electron chi connectivity index (χ4n) is 4.93. The first-order chi connectivity index (χ1) is 13.7. The Balaban J connectivity index is 0.00000205. The molecule has 2 aliphatic heterocycles. The van der Waals surface area contributed by atoms with Gasteiger partial charge in [-0.1, -0.05) is 18.2 Å². The average Bonchev–Trinajstić information content (AvgIpc) is 3.45. The number of nitrogens with zero attached hydrogens (tertiary/aromatic N) is 3. The topological polar surface area (TPSA) is 66.0 Å². The molecule has 4 heterocycles. The number of aromatic nitrogens is 3. The third-order valence-corrected chi connectivity index (χ3v) is 6.38. The summed E-state index contributed by atoms with van der Waals surface area (Å²) in [5.74, 6) is 0.461. The molecule has 1 aromatic carbocycles. The predicted molar refractivity (Wildman–Crippen MR) is 116 cm³/mol. The van der Waals surface area contributed by atoms with Crippen molar-refractivity contribution in [3.8, 4) is 0 Å². The summed E-state index contributed by atoms with van der Waals surface area (Å²) in [6.45, 7) is 2.43. The smallest absolute Gasteiger partial charge is 0.228 e. The molecular weight excluding hydrogens is 386 g/mol. The quantitative estimate of drug-likeness (QED) is 0.691. The summed E-state index contributed by atoms with van der Waals surface area (Å²) in [7, 11) is 1.93. The summed E-state index contributed by atoms with van der Waals surface area (Å²) in [6.07, 6.45) is 7.22. The number of aromatic amines is 1. The number of para-hydroxylation sites is 1. The number of likely N-dealkylation sites (tertiary alicyclic amines) is 1. The van der Waals surface area contributed by atoms with Crippen molar-refractivity contribution in [2.75, 3.05) is 19.6 Å². The van der Waals surface area contributed by atoms with E-state index in [0.717, 1.165) is 49.2 Å². The number of nitrogens with one attached hydrogen (secondary N) is 2. The van der Waals surface area contributed by atoms with Gasteiger partial charge < -0.3 is 15.2 Å². The third kappa shape index (κ3) is 3.67. The second kappa shape index (κ2) is 8.20. The zero-order valence-electron chi connectivity index (χ0n) is 16.7. The van der Waals surface area contributed by atoms with Crippen molar-refractivity contribution in [1.82, 2.24) is 25.0 Å². The van der Waals surface area contributed by atoms with Crippen LogP contribution in [0.2, 0.25) is 0 Å². The van der Waals surface area contributed by atoms with Gasteiger partial charge in [-0.2, -0.15) is 5.10 Å². The monoisotopic (exact) mass is 413 g/mol. The molecule has 0 spiro atoms. The number of hydrogen-bond donors (Lipinski definition) is 2. The van der Waals surface area contributed by atoms with E-state index in [2.05, 4.69) is 50.6 Å². The Kier molecular flexibility index (Phi) is 5.65. The molecule has 3 atom stereocenters. The van der Waals surface area contributed by atoms with Gasteiger partial charge in [0.25, 0.3) is 0 Å². The van der Waals surface area contributed by atoms with E-state index in [4.69, 9.17) is 0 Å². The number of rotatable bonds is 3. The number of H-pyrrole nitrogens is 1. The molecular formula is C22H28ClN5O. The van der Waals surface area contributed by atoms with Crippen LogP contribution >= 0.6 is 12.4 Å². The molecule has 5 rings (SSSR count). The maximum Gasteiger partial charge on any atom is 0.228 e. The Morgan fingerprint density at radius 3 is 2.86 bits per heavy atom. The van der Waals surface area contributed by atoms with Crippen molar-refractivity contribution in [3.05, 3.63) is 54.0 Å². The summed E-state index contributed by atoms with van der Waals surface area (Å²) in [5.41, 5.74) is 3.47. The molecule has 2 N–H and O–H groups in total. The summed E-state index contributed by atoms with van der Waals surface area (Å²) in [4.78, 5) is 19.3. The zero-order chi connectivity index (χ0) is 19.1. The van der Waals surface area contributed by atoms with Crippen molar-refractivity contribution in [2.24, 2.45) is 13.0 Å². The Morgan fingerprint density at radius 1 is 1.21 bits per heavy atom. The fraction of sp³-hybridized carbons (Fsp3) is 0.455. The normalized spacial score (nSPS) is 24.6. The number of carbonyl (C=O) groups is 1. The highest BCUT2D eigenvalue weighted by atomic mass is 35.5. The van der Waals surface area contributed by atoms with Crippen LogP contribution in [-0.2, 0) is 11.8 Å². The number of fused-ring (bicyclic) bond motifs is 1. The minimum absolute atomic E-state index is 0. The Hall–Kier alpha value is -2.31. The lowest BCUT2D eigenvalue weighted by Crippen LogP contribution is -2.43. The molecule has 0 bridgehead atoms. The Labute approximate surface area is 177 Å². The van der Waals surface area contributed by atoms with Crippen LogP contribution in [-0.4, -0.2) is 45.2 Å². The molecule has 0 aliphatic carbocycles. The van der Waals surface area contributed by atoms with Crippen molar-refractivity contribution >= 4 is 29.2 Å². The van der Waals surface area contributed by atoms with E-state index in [1.54, 1.807) is 0 Å². The molecule has 7 heteroatoms. The number of piperidine rings is 1. The van der Waals surface area contributed by atoms with Gasteiger partial charge in [-0.25, -0.2) is 0 Å². The van der Waals surface area contributed by atoms with Crippen molar-refractivity contribution in [3.63, 3.8) is 0 Å². The van der Waals surface area contributed by atoms with Crippen LogP contribution in [0.4, 0.5) is 0 Å². The van der Waals surface area contributed by atoms with E-state index < -0.39 is 0 Å².